The first kappa shape index (κ1) is 25.6. The number of sulfonamides is 1. The van der Waals surface area contributed by atoms with Gasteiger partial charge in [0.15, 0.2) is 6.61 Å². The Morgan fingerprint density at radius 2 is 1.36 bits per heavy atom. The van der Waals surface area contributed by atoms with Crippen LogP contribution in [-0.4, -0.2) is 20.9 Å². The minimum atomic E-state index is -3.85. The first-order chi connectivity index (χ1) is 17.3. The molecular weight excluding hydrogens is 519 g/mol. The molecule has 0 aliphatic heterocycles. The molecule has 4 rings (SSSR count). The lowest BCUT2D eigenvalue weighted by Crippen LogP contribution is -2.33. The molecule has 36 heavy (non-hydrogen) atoms. The van der Waals surface area contributed by atoms with Crippen LogP contribution in [0.5, 0.6) is 5.75 Å². The summed E-state index contributed by atoms with van der Waals surface area (Å²) in [5, 5.41) is 3.56. The van der Waals surface area contributed by atoms with Gasteiger partial charge in [-0.15, -0.1) is 0 Å². The average molecular weight is 541 g/mol. The van der Waals surface area contributed by atoms with E-state index in [1.54, 1.807) is 0 Å². The summed E-state index contributed by atoms with van der Waals surface area (Å²) in [6.45, 7) is -0.232. The molecule has 0 saturated carbocycles. The number of anilines is 1. The van der Waals surface area contributed by atoms with Gasteiger partial charge in [-0.1, -0.05) is 83.9 Å². The molecule has 0 atom stereocenters. The normalized spacial score (nSPS) is 11.2. The van der Waals surface area contributed by atoms with Gasteiger partial charge in [0.2, 0.25) is 0 Å². The number of carbonyl (C=O) groups is 1. The average Bonchev–Trinajstić information content (AvgIpc) is 2.89. The minimum absolute atomic E-state index is 0.0265. The zero-order valence-electron chi connectivity index (χ0n) is 18.9. The summed E-state index contributed by atoms with van der Waals surface area (Å²) < 4.78 is 33.4. The Labute approximate surface area is 219 Å². The highest BCUT2D eigenvalue weighted by Gasteiger charge is 2.18. The number of halogens is 2. The second-order valence-electron chi connectivity index (χ2n) is 7.82. The maximum Gasteiger partial charge on any atom is 0.261 e. The molecule has 0 bridgehead atoms. The monoisotopic (exact) mass is 540 g/mol. The van der Waals surface area contributed by atoms with Gasteiger partial charge in [-0.25, -0.2) is 8.42 Å². The number of rotatable bonds is 9. The number of amides is 1. The largest absolute Gasteiger partial charge is 0.484 e. The van der Waals surface area contributed by atoms with Crippen molar-refractivity contribution in [1.29, 1.82) is 0 Å². The molecule has 0 spiro atoms. The number of carbonyl (C=O) groups excluding carboxylic acids is 1. The molecule has 2 N–H and O–H groups in total. The van der Waals surface area contributed by atoms with Crippen LogP contribution in [-0.2, 0) is 14.8 Å². The Bertz CT molecular complexity index is 1390. The van der Waals surface area contributed by atoms with Gasteiger partial charge in [-0.05, 0) is 53.6 Å². The van der Waals surface area contributed by atoms with Gasteiger partial charge in [0, 0.05) is 0 Å². The topological polar surface area (TPSA) is 84.5 Å². The predicted octanol–water partition coefficient (Wildman–Crippen LogP) is 6.08. The van der Waals surface area contributed by atoms with E-state index >= 15 is 0 Å². The Balaban J connectivity index is 1.39. The first-order valence-electron chi connectivity index (χ1n) is 10.9. The SMILES string of the molecule is O=C(COc1ccc(S(=O)(=O)Nc2ccc(Cl)c(Cl)c2)cc1)NC(c1ccccc1)c1ccccc1. The molecule has 184 valence electrons. The van der Waals surface area contributed by atoms with E-state index in [-0.39, 0.29) is 34.2 Å². The van der Waals surface area contributed by atoms with Crippen molar-refractivity contribution in [1.82, 2.24) is 5.32 Å². The standard InChI is InChI=1S/C27H22Cl2N2O4S/c28-24-16-11-21(17-25(24)29)31-36(33,34)23-14-12-22(13-15-23)35-18-26(32)30-27(19-7-3-1-4-8-19)20-9-5-2-6-10-20/h1-17,27,31H,18H2,(H,30,32). The molecular formula is C27H22Cl2N2O4S. The van der Waals surface area contributed by atoms with Gasteiger partial charge >= 0.3 is 0 Å². The van der Waals surface area contributed by atoms with Crippen molar-refractivity contribution in [2.45, 2.75) is 10.9 Å². The summed E-state index contributed by atoms with van der Waals surface area (Å²) in [4.78, 5) is 12.7. The third-order valence-corrected chi connectivity index (χ3v) is 7.38. The van der Waals surface area contributed by atoms with E-state index in [0.717, 1.165) is 11.1 Å². The van der Waals surface area contributed by atoms with Crippen LogP contribution in [0.1, 0.15) is 17.2 Å². The van der Waals surface area contributed by atoms with E-state index in [4.69, 9.17) is 27.9 Å². The summed E-state index contributed by atoms with van der Waals surface area (Å²) in [7, 11) is -3.85. The number of hydrogen-bond donors (Lipinski definition) is 2. The zero-order chi connectivity index (χ0) is 25.5. The Morgan fingerprint density at radius 1 is 0.778 bits per heavy atom. The molecule has 4 aromatic carbocycles. The van der Waals surface area contributed by atoms with Crippen molar-refractivity contribution in [3.05, 3.63) is 124 Å². The summed E-state index contributed by atoms with van der Waals surface area (Å²) >= 11 is 11.8. The molecule has 0 radical (unpaired) electrons. The van der Waals surface area contributed by atoms with Crippen LogP contribution in [0, 0.1) is 0 Å². The molecule has 4 aromatic rings. The molecule has 9 heteroatoms. The zero-order valence-corrected chi connectivity index (χ0v) is 21.2. The van der Waals surface area contributed by atoms with Crippen LogP contribution < -0.4 is 14.8 Å². The predicted molar refractivity (Wildman–Crippen MR) is 142 cm³/mol. The van der Waals surface area contributed by atoms with Crippen LogP contribution in [0.25, 0.3) is 0 Å². The van der Waals surface area contributed by atoms with Crippen LogP contribution in [0.3, 0.4) is 0 Å². The van der Waals surface area contributed by atoms with Gasteiger partial charge in [0.05, 0.1) is 26.7 Å². The molecule has 0 aliphatic carbocycles. The maximum absolute atomic E-state index is 12.7. The Kier molecular flexibility index (Phi) is 8.15. The number of benzene rings is 4. The second kappa shape index (κ2) is 11.5. The smallest absolute Gasteiger partial charge is 0.261 e. The van der Waals surface area contributed by atoms with Crippen molar-refractivity contribution < 1.29 is 17.9 Å². The summed E-state index contributed by atoms with van der Waals surface area (Å²) in [5.74, 6) is 0.0419. The molecule has 0 aliphatic rings. The molecule has 0 unspecified atom stereocenters. The lowest BCUT2D eigenvalue weighted by molar-refractivity contribution is -0.123. The second-order valence-corrected chi connectivity index (χ2v) is 10.3. The van der Waals surface area contributed by atoms with Crippen molar-refractivity contribution in [2.75, 3.05) is 11.3 Å². The quantitative estimate of drug-likeness (QED) is 0.269. The number of hydrogen-bond acceptors (Lipinski definition) is 4. The maximum atomic E-state index is 12.7. The third kappa shape index (κ3) is 6.57. The van der Waals surface area contributed by atoms with Gasteiger partial charge in [0.1, 0.15) is 5.75 Å². The fourth-order valence-corrected chi connectivity index (χ4v) is 4.84. The summed E-state index contributed by atoms with van der Waals surface area (Å²) in [5.41, 5.74) is 2.18. The van der Waals surface area contributed by atoms with Gasteiger partial charge < -0.3 is 10.1 Å². The lowest BCUT2D eigenvalue weighted by atomic mass is 9.99. The fraction of sp³-hybridized carbons (Fsp3) is 0.0741. The molecule has 1 amide bonds. The molecule has 0 fully saturated rings. The van der Waals surface area contributed by atoms with Crippen molar-refractivity contribution in [3.8, 4) is 5.75 Å². The molecule has 6 nitrogen and oxygen atoms in total. The van der Waals surface area contributed by atoms with Gasteiger partial charge in [0.25, 0.3) is 15.9 Å². The van der Waals surface area contributed by atoms with Crippen LogP contribution >= 0.6 is 23.2 Å². The summed E-state index contributed by atoms with van der Waals surface area (Å²) in [6.07, 6.45) is 0. The minimum Gasteiger partial charge on any atom is -0.484 e. The van der Waals surface area contributed by atoms with E-state index in [2.05, 4.69) is 10.0 Å². The summed E-state index contributed by atoms with van der Waals surface area (Å²) in [6, 6.07) is 29.2. The molecule has 0 saturated heterocycles. The lowest BCUT2D eigenvalue weighted by Gasteiger charge is -2.20. The van der Waals surface area contributed by atoms with Crippen molar-refractivity contribution >= 4 is 44.8 Å². The van der Waals surface area contributed by atoms with Crippen LogP contribution in [0.4, 0.5) is 5.69 Å². The molecule has 0 aromatic heterocycles. The van der Waals surface area contributed by atoms with Gasteiger partial charge in [-0.2, -0.15) is 0 Å². The van der Waals surface area contributed by atoms with Crippen LogP contribution in [0.15, 0.2) is 108 Å². The highest BCUT2D eigenvalue weighted by Crippen LogP contribution is 2.27. The van der Waals surface area contributed by atoms with E-state index in [0.29, 0.717) is 10.8 Å². The van der Waals surface area contributed by atoms with Crippen molar-refractivity contribution in [3.63, 3.8) is 0 Å². The van der Waals surface area contributed by atoms with E-state index in [9.17, 15) is 13.2 Å². The van der Waals surface area contributed by atoms with Gasteiger partial charge in [-0.3, -0.25) is 9.52 Å². The van der Waals surface area contributed by atoms with E-state index < -0.39 is 10.0 Å². The van der Waals surface area contributed by atoms with Crippen molar-refractivity contribution in [2.24, 2.45) is 0 Å². The highest BCUT2D eigenvalue weighted by atomic mass is 35.5. The highest BCUT2D eigenvalue weighted by molar-refractivity contribution is 7.92. The number of nitrogens with one attached hydrogen (secondary N) is 2. The van der Waals surface area contributed by atoms with E-state index in [1.165, 1.54) is 42.5 Å². The molecule has 0 heterocycles. The van der Waals surface area contributed by atoms with Crippen LogP contribution in [0.2, 0.25) is 10.0 Å². The number of ether oxygens (including phenoxy) is 1. The fourth-order valence-electron chi connectivity index (χ4n) is 3.49. The Morgan fingerprint density at radius 3 is 1.92 bits per heavy atom. The van der Waals surface area contributed by atoms with E-state index in [1.807, 2.05) is 60.7 Å². The first-order valence-corrected chi connectivity index (χ1v) is 13.2. The third-order valence-electron chi connectivity index (χ3n) is 5.25. The Hall–Kier alpha value is -3.52.